The van der Waals surface area contributed by atoms with Crippen LogP contribution in [0, 0.1) is 23.7 Å². The number of rotatable bonds is 21. The summed E-state index contributed by atoms with van der Waals surface area (Å²) in [6, 6.07) is 4.84. The Labute approximate surface area is 321 Å². The molecule has 1 aliphatic rings. The van der Waals surface area contributed by atoms with Gasteiger partial charge in [-0.1, -0.05) is 85.2 Å². The molecular formula is C40H67N5O8. The van der Waals surface area contributed by atoms with Gasteiger partial charge in [0, 0.05) is 38.3 Å². The molecule has 0 bridgehead atoms. The molecule has 9 atom stereocenters. The van der Waals surface area contributed by atoms with Gasteiger partial charge in [0.2, 0.25) is 23.6 Å². The molecule has 1 aromatic carbocycles. The average molecular weight is 749 g/mol. The molecule has 3 N–H and O–H groups in total. The number of nitrogens with one attached hydrogen (secondary N) is 2. The molecule has 13 heteroatoms. The van der Waals surface area contributed by atoms with Crippen LogP contribution in [0.5, 0.6) is 0 Å². The van der Waals surface area contributed by atoms with Crippen LogP contribution in [-0.2, 0) is 39.9 Å². The SMILES string of the molecule is [2H]C([2H])([2H])N(C)[C@H](C(=O)N[C@H](C(=O)N(C)[C@@H]([C@@H](C)CC)[C@@H](CC(=O)N1CCC[C@H]1[C@H](OC)[C@@H](C)C(=O)N[C@@H](Cc1ccccc1)C(=O)O)OC)C(C)C)C(C)C. The first-order valence-electron chi connectivity index (χ1n) is 20.3. The molecule has 1 aromatic rings. The predicted octanol–water partition coefficient (Wildman–Crippen LogP) is 3.45. The van der Waals surface area contributed by atoms with Crippen LogP contribution in [-0.4, -0.2) is 134 Å². The van der Waals surface area contributed by atoms with E-state index in [1.54, 1.807) is 75.7 Å². The number of amides is 4. The number of carboxylic acid groups (broad SMARTS) is 1. The van der Waals surface area contributed by atoms with E-state index in [1.165, 1.54) is 21.3 Å². The Bertz CT molecular complexity index is 1450. The lowest BCUT2D eigenvalue weighted by molar-refractivity contribution is -0.148. The average Bonchev–Trinajstić information content (AvgIpc) is 3.62. The first-order chi connectivity index (χ1) is 26.1. The summed E-state index contributed by atoms with van der Waals surface area (Å²) in [6.07, 6.45) is 0.466. The predicted molar refractivity (Wildman–Crippen MR) is 205 cm³/mol. The summed E-state index contributed by atoms with van der Waals surface area (Å²) in [7, 11) is 5.96. The molecule has 300 valence electrons. The highest BCUT2D eigenvalue weighted by Crippen LogP contribution is 2.30. The zero-order chi connectivity index (χ0) is 42.7. The van der Waals surface area contributed by atoms with Gasteiger partial charge >= 0.3 is 5.97 Å². The van der Waals surface area contributed by atoms with Crippen molar-refractivity contribution in [1.82, 2.24) is 25.3 Å². The van der Waals surface area contributed by atoms with E-state index in [-0.39, 0.29) is 36.5 Å². The lowest BCUT2D eigenvalue weighted by atomic mass is 9.89. The number of carbonyl (C=O) groups excluding carboxylic acids is 4. The molecule has 4 amide bonds. The van der Waals surface area contributed by atoms with Crippen molar-refractivity contribution in [3.8, 4) is 0 Å². The number of methoxy groups -OCH3 is 2. The van der Waals surface area contributed by atoms with Gasteiger partial charge in [0.05, 0.1) is 42.7 Å². The Kier molecular flexibility index (Phi) is 16.4. The molecular weight excluding hydrogens is 678 g/mol. The standard InChI is InChI=1S/C40H67N5O8/c1-13-26(6)35(44(10)39(49)33(24(2)3)42-38(48)34(25(4)5)43(8)9)31(52-11)23-32(46)45-21-17-20-30(45)36(53-12)27(7)37(47)41-29(40(50)51)22-28-18-15-14-16-19-28/h14-16,18-19,24-27,29-31,33-36H,13,17,20-23H2,1-12H3,(H,41,47)(H,42,48)(H,50,51)/t26-,27+,29-,30-,31+,33-,34-,35-,36+/m0/s1/i8D3. The summed E-state index contributed by atoms with van der Waals surface area (Å²) < 4.78 is 35.4. The summed E-state index contributed by atoms with van der Waals surface area (Å²) in [5, 5.41) is 15.4. The van der Waals surface area contributed by atoms with Crippen LogP contribution in [0.4, 0.5) is 0 Å². The zero-order valence-corrected chi connectivity index (χ0v) is 33.6. The minimum absolute atomic E-state index is 0.0771. The minimum Gasteiger partial charge on any atom is -0.480 e. The molecule has 53 heavy (non-hydrogen) atoms. The van der Waals surface area contributed by atoms with Gasteiger partial charge in [-0.05, 0) is 50.2 Å². The number of nitrogens with zero attached hydrogens (tertiary/aromatic N) is 3. The van der Waals surface area contributed by atoms with E-state index in [4.69, 9.17) is 13.6 Å². The molecule has 0 saturated carbocycles. The molecule has 0 aliphatic carbocycles. The fourth-order valence-electron chi connectivity index (χ4n) is 7.56. The third kappa shape index (κ3) is 12.2. The third-order valence-electron chi connectivity index (χ3n) is 10.7. The van der Waals surface area contributed by atoms with Gasteiger partial charge in [0.15, 0.2) is 0 Å². The highest BCUT2D eigenvalue weighted by molar-refractivity contribution is 5.90. The van der Waals surface area contributed by atoms with E-state index in [0.717, 1.165) is 10.5 Å². The highest BCUT2D eigenvalue weighted by atomic mass is 16.5. The smallest absolute Gasteiger partial charge is 0.326 e. The van der Waals surface area contributed by atoms with Gasteiger partial charge < -0.3 is 35.0 Å². The van der Waals surface area contributed by atoms with Crippen molar-refractivity contribution < 1.29 is 42.7 Å². The van der Waals surface area contributed by atoms with Crippen molar-refractivity contribution in [1.29, 1.82) is 0 Å². The molecule has 13 nitrogen and oxygen atoms in total. The Morgan fingerprint density at radius 3 is 2.11 bits per heavy atom. The molecule has 1 aliphatic heterocycles. The Morgan fingerprint density at radius 2 is 1.60 bits per heavy atom. The van der Waals surface area contributed by atoms with Crippen molar-refractivity contribution in [3.05, 3.63) is 35.9 Å². The number of benzene rings is 1. The first kappa shape index (κ1) is 40.6. The van der Waals surface area contributed by atoms with Crippen LogP contribution in [0.25, 0.3) is 0 Å². The number of carbonyl (C=O) groups is 5. The normalized spacial score (nSPS) is 20.3. The summed E-state index contributed by atoms with van der Waals surface area (Å²) in [6.45, 7) is 10.6. The maximum atomic E-state index is 14.3. The number of ether oxygens (including phenoxy) is 2. The molecule has 1 saturated heterocycles. The number of aliphatic carboxylic acids is 1. The van der Waals surface area contributed by atoms with E-state index < -0.39 is 79.0 Å². The monoisotopic (exact) mass is 749 g/mol. The van der Waals surface area contributed by atoms with E-state index in [9.17, 15) is 29.1 Å². The Balaban J connectivity index is 2.30. The van der Waals surface area contributed by atoms with Crippen molar-refractivity contribution in [2.75, 3.05) is 41.8 Å². The van der Waals surface area contributed by atoms with Crippen molar-refractivity contribution in [2.45, 2.75) is 123 Å². The number of likely N-dealkylation sites (N-methyl/N-ethyl adjacent to an activating group) is 2. The molecule has 2 rings (SSSR count). The molecule has 1 heterocycles. The van der Waals surface area contributed by atoms with Gasteiger partial charge in [0.25, 0.3) is 0 Å². The Morgan fingerprint density at radius 1 is 0.962 bits per heavy atom. The van der Waals surface area contributed by atoms with Crippen molar-refractivity contribution in [2.24, 2.45) is 23.7 Å². The van der Waals surface area contributed by atoms with E-state index in [2.05, 4.69) is 10.6 Å². The molecule has 0 unspecified atom stereocenters. The van der Waals surface area contributed by atoms with Crippen LogP contribution in [0.1, 0.15) is 83.8 Å². The highest BCUT2D eigenvalue weighted by Gasteiger charge is 2.43. The fraction of sp³-hybridized carbons (Fsp3) is 0.725. The molecule has 1 fully saturated rings. The van der Waals surface area contributed by atoms with E-state index in [1.807, 2.05) is 19.9 Å². The summed E-state index contributed by atoms with van der Waals surface area (Å²) in [4.78, 5) is 71.9. The van der Waals surface area contributed by atoms with E-state index in [0.29, 0.717) is 25.8 Å². The second-order valence-corrected chi connectivity index (χ2v) is 15.2. The van der Waals surface area contributed by atoms with Crippen molar-refractivity contribution >= 4 is 29.6 Å². The number of hydrogen-bond acceptors (Lipinski definition) is 8. The van der Waals surface area contributed by atoms with Gasteiger partial charge in [0.1, 0.15) is 12.1 Å². The number of hydrogen-bond donors (Lipinski definition) is 3. The quantitative estimate of drug-likeness (QED) is 0.171. The lowest BCUT2D eigenvalue weighted by Gasteiger charge is -2.41. The Hall–Kier alpha value is -3.55. The fourth-order valence-corrected chi connectivity index (χ4v) is 7.56. The second kappa shape index (κ2) is 21.4. The minimum atomic E-state index is -2.52. The summed E-state index contributed by atoms with van der Waals surface area (Å²) >= 11 is 0. The van der Waals surface area contributed by atoms with Crippen molar-refractivity contribution in [3.63, 3.8) is 0 Å². The molecule has 0 spiro atoms. The van der Waals surface area contributed by atoms with Gasteiger partial charge in [-0.3, -0.25) is 24.1 Å². The van der Waals surface area contributed by atoms with Crippen LogP contribution >= 0.6 is 0 Å². The maximum absolute atomic E-state index is 14.3. The molecule has 0 aromatic heterocycles. The van der Waals surface area contributed by atoms with Crippen LogP contribution in [0.3, 0.4) is 0 Å². The van der Waals surface area contributed by atoms with Gasteiger partial charge in [-0.15, -0.1) is 0 Å². The third-order valence-corrected chi connectivity index (χ3v) is 10.7. The first-order valence-corrected chi connectivity index (χ1v) is 18.8. The maximum Gasteiger partial charge on any atom is 0.326 e. The molecule has 0 radical (unpaired) electrons. The van der Waals surface area contributed by atoms with Crippen LogP contribution < -0.4 is 10.6 Å². The van der Waals surface area contributed by atoms with Crippen LogP contribution in [0.2, 0.25) is 0 Å². The summed E-state index contributed by atoms with van der Waals surface area (Å²) in [5.74, 6) is -4.47. The van der Waals surface area contributed by atoms with Gasteiger partial charge in [-0.25, -0.2) is 4.79 Å². The second-order valence-electron chi connectivity index (χ2n) is 15.2. The zero-order valence-electron chi connectivity index (χ0n) is 36.6. The largest absolute Gasteiger partial charge is 0.480 e. The topological polar surface area (TPSA) is 158 Å². The number of likely N-dealkylation sites (tertiary alicyclic amines) is 1. The van der Waals surface area contributed by atoms with E-state index >= 15 is 0 Å². The lowest BCUT2D eigenvalue weighted by Crippen LogP contribution is -2.59. The number of carboxylic acids is 1. The van der Waals surface area contributed by atoms with Gasteiger partial charge in [-0.2, -0.15) is 0 Å². The summed E-state index contributed by atoms with van der Waals surface area (Å²) in [5.41, 5.74) is 0.766. The van der Waals surface area contributed by atoms with Crippen LogP contribution in [0.15, 0.2) is 30.3 Å².